The number of aliphatic carboxylic acids is 1. The Morgan fingerprint density at radius 3 is 2.50 bits per heavy atom. The first-order valence-corrected chi connectivity index (χ1v) is 4.42. The third-order valence-corrected chi connectivity index (χ3v) is 2.08. The molecule has 0 radical (unpaired) electrons. The summed E-state index contributed by atoms with van der Waals surface area (Å²) in [5.74, 6) is -0.873. The first kappa shape index (κ1) is 10.8. The molecule has 2 amide bonds. The highest BCUT2D eigenvalue weighted by molar-refractivity contribution is 5.75. The van der Waals surface area contributed by atoms with E-state index >= 15 is 0 Å². The van der Waals surface area contributed by atoms with E-state index in [0.29, 0.717) is 13.1 Å². The van der Waals surface area contributed by atoms with Crippen molar-refractivity contribution < 1.29 is 14.7 Å². The Kier molecular flexibility index (Phi) is 3.29. The van der Waals surface area contributed by atoms with Crippen LogP contribution in [0.5, 0.6) is 0 Å². The molecule has 6 heteroatoms. The fraction of sp³-hybridized carbons (Fsp3) is 0.750. The summed E-state index contributed by atoms with van der Waals surface area (Å²) in [6, 6.07) is 0.0911. The first-order chi connectivity index (χ1) is 6.50. The number of carboxylic acids is 1. The number of urea groups is 1. The monoisotopic (exact) mass is 201 g/mol. The highest BCUT2D eigenvalue weighted by Gasteiger charge is 2.31. The van der Waals surface area contributed by atoms with E-state index < -0.39 is 5.97 Å². The van der Waals surface area contributed by atoms with E-state index in [1.54, 1.807) is 19.0 Å². The zero-order valence-electron chi connectivity index (χ0n) is 8.36. The number of hydrogen-bond donors (Lipinski definition) is 2. The maximum atomic E-state index is 11.3. The molecule has 1 fully saturated rings. The number of nitrogens with one attached hydrogen (secondary N) is 1. The normalized spacial score (nSPS) is 16.3. The molecule has 1 heterocycles. The lowest BCUT2D eigenvalue weighted by Crippen LogP contribution is -2.62. The highest BCUT2D eigenvalue weighted by atomic mass is 16.4. The van der Waals surface area contributed by atoms with Crippen molar-refractivity contribution in [2.75, 3.05) is 33.7 Å². The minimum Gasteiger partial charge on any atom is -0.480 e. The van der Waals surface area contributed by atoms with Crippen LogP contribution in [0.15, 0.2) is 0 Å². The smallest absolute Gasteiger partial charge is 0.319 e. The SMILES string of the molecule is CN(C)C(=O)N1CC(NCC(=O)O)C1. The quantitative estimate of drug-likeness (QED) is 0.616. The van der Waals surface area contributed by atoms with Gasteiger partial charge >= 0.3 is 12.0 Å². The lowest BCUT2D eigenvalue weighted by Gasteiger charge is -2.40. The maximum absolute atomic E-state index is 11.3. The molecular formula is C8H15N3O3. The molecule has 0 atom stereocenters. The number of amides is 2. The molecule has 0 aliphatic carbocycles. The third-order valence-electron chi connectivity index (χ3n) is 2.08. The Bertz CT molecular complexity index is 236. The van der Waals surface area contributed by atoms with Gasteiger partial charge < -0.3 is 20.2 Å². The lowest BCUT2D eigenvalue weighted by atomic mass is 10.1. The van der Waals surface area contributed by atoms with Crippen LogP contribution in [-0.4, -0.2) is 66.7 Å². The number of nitrogens with zero attached hydrogens (tertiary/aromatic N) is 2. The largest absolute Gasteiger partial charge is 0.480 e. The van der Waals surface area contributed by atoms with Gasteiger partial charge in [0.15, 0.2) is 0 Å². The van der Waals surface area contributed by atoms with Crippen molar-refractivity contribution in [3.8, 4) is 0 Å². The molecule has 0 aromatic rings. The van der Waals surface area contributed by atoms with Gasteiger partial charge in [0.05, 0.1) is 6.54 Å². The second-order valence-corrected chi connectivity index (χ2v) is 3.55. The van der Waals surface area contributed by atoms with Gasteiger partial charge in [0.25, 0.3) is 0 Å². The van der Waals surface area contributed by atoms with E-state index in [4.69, 9.17) is 5.11 Å². The average Bonchev–Trinajstić information content (AvgIpc) is 2.00. The van der Waals surface area contributed by atoms with Crippen LogP contribution in [0.1, 0.15) is 0 Å². The van der Waals surface area contributed by atoms with Crippen LogP contribution >= 0.6 is 0 Å². The van der Waals surface area contributed by atoms with E-state index in [1.807, 2.05) is 0 Å². The zero-order valence-corrected chi connectivity index (χ0v) is 8.36. The van der Waals surface area contributed by atoms with Crippen LogP contribution in [0, 0.1) is 0 Å². The molecule has 14 heavy (non-hydrogen) atoms. The molecule has 1 aliphatic heterocycles. The Morgan fingerprint density at radius 2 is 2.07 bits per heavy atom. The van der Waals surface area contributed by atoms with E-state index in [2.05, 4.69) is 5.32 Å². The molecule has 0 spiro atoms. The van der Waals surface area contributed by atoms with Crippen LogP contribution in [0.2, 0.25) is 0 Å². The van der Waals surface area contributed by atoms with Gasteiger partial charge in [-0.15, -0.1) is 0 Å². The molecule has 0 bridgehead atoms. The van der Waals surface area contributed by atoms with Gasteiger partial charge in [0.1, 0.15) is 0 Å². The van der Waals surface area contributed by atoms with Crippen LogP contribution in [0.4, 0.5) is 4.79 Å². The molecule has 0 aromatic heterocycles. The topological polar surface area (TPSA) is 72.9 Å². The molecule has 0 unspecified atom stereocenters. The van der Waals surface area contributed by atoms with Crippen molar-refractivity contribution in [1.29, 1.82) is 0 Å². The number of carbonyl (C=O) groups excluding carboxylic acids is 1. The van der Waals surface area contributed by atoms with Gasteiger partial charge in [-0.2, -0.15) is 0 Å². The highest BCUT2D eigenvalue weighted by Crippen LogP contribution is 2.09. The zero-order chi connectivity index (χ0) is 10.7. The maximum Gasteiger partial charge on any atom is 0.319 e. The predicted octanol–water partition coefficient (Wildman–Crippen LogP) is -0.974. The molecule has 1 rings (SSSR count). The Balaban J connectivity index is 2.17. The second-order valence-electron chi connectivity index (χ2n) is 3.55. The summed E-state index contributed by atoms with van der Waals surface area (Å²) in [5.41, 5.74) is 0. The Morgan fingerprint density at radius 1 is 1.50 bits per heavy atom. The molecule has 1 saturated heterocycles. The van der Waals surface area contributed by atoms with E-state index in [0.717, 1.165) is 0 Å². The number of rotatable bonds is 3. The molecule has 80 valence electrons. The van der Waals surface area contributed by atoms with Crippen LogP contribution in [0.25, 0.3) is 0 Å². The molecule has 2 N–H and O–H groups in total. The van der Waals surface area contributed by atoms with Crippen molar-refractivity contribution in [2.24, 2.45) is 0 Å². The number of hydrogen-bond acceptors (Lipinski definition) is 3. The summed E-state index contributed by atoms with van der Waals surface area (Å²) < 4.78 is 0. The minimum absolute atomic E-state index is 0.0293. The van der Waals surface area contributed by atoms with Gasteiger partial charge in [-0.25, -0.2) is 4.79 Å². The van der Waals surface area contributed by atoms with Gasteiger partial charge in [-0.05, 0) is 0 Å². The third kappa shape index (κ3) is 2.59. The van der Waals surface area contributed by atoms with E-state index in [1.165, 1.54) is 4.90 Å². The standard InChI is InChI=1S/C8H15N3O3/c1-10(2)8(14)11-4-6(5-11)9-3-7(12)13/h6,9H,3-5H2,1-2H3,(H,12,13). The number of likely N-dealkylation sites (tertiary alicyclic amines) is 1. The molecule has 0 aromatic carbocycles. The van der Waals surface area contributed by atoms with Gasteiger partial charge in [-0.3, -0.25) is 4.79 Å². The first-order valence-electron chi connectivity index (χ1n) is 4.42. The Labute approximate surface area is 82.5 Å². The summed E-state index contributed by atoms with van der Waals surface area (Å²) in [6.45, 7) is 1.13. The van der Waals surface area contributed by atoms with Crippen LogP contribution in [0.3, 0.4) is 0 Å². The summed E-state index contributed by atoms with van der Waals surface area (Å²) in [7, 11) is 3.39. The summed E-state index contributed by atoms with van der Waals surface area (Å²) >= 11 is 0. The minimum atomic E-state index is -0.873. The van der Waals surface area contributed by atoms with Gasteiger partial charge in [-0.1, -0.05) is 0 Å². The molecule has 6 nitrogen and oxygen atoms in total. The number of carboxylic acid groups (broad SMARTS) is 1. The van der Waals surface area contributed by atoms with Crippen LogP contribution < -0.4 is 5.32 Å². The predicted molar refractivity (Wildman–Crippen MR) is 50.1 cm³/mol. The summed E-state index contributed by atoms with van der Waals surface area (Å²) in [5, 5.41) is 11.2. The average molecular weight is 201 g/mol. The van der Waals surface area contributed by atoms with Crippen molar-refractivity contribution in [1.82, 2.24) is 15.1 Å². The second kappa shape index (κ2) is 4.28. The number of carbonyl (C=O) groups is 2. The van der Waals surface area contributed by atoms with Gasteiger partial charge in [0.2, 0.25) is 0 Å². The fourth-order valence-electron chi connectivity index (χ4n) is 1.28. The van der Waals surface area contributed by atoms with E-state index in [9.17, 15) is 9.59 Å². The van der Waals surface area contributed by atoms with E-state index in [-0.39, 0.29) is 18.6 Å². The Hall–Kier alpha value is -1.30. The van der Waals surface area contributed by atoms with Crippen molar-refractivity contribution in [2.45, 2.75) is 6.04 Å². The van der Waals surface area contributed by atoms with Crippen molar-refractivity contribution >= 4 is 12.0 Å². The van der Waals surface area contributed by atoms with Crippen molar-refractivity contribution in [3.63, 3.8) is 0 Å². The van der Waals surface area contributed by atoms with Crippen molar-refractivity contribution in [3.05, 3.63) is 0 Å². The fourth-order valence-corrected chi connectivity index (χ4v) is 1.28. The summed E-state index contributed by atoms with van der Waals surface area (Å²) in [4.78, 5) is 24.7. The van der Waals surface area contributed by atoms with Gasteiger partial charge in [0, 0.05) is 33.2 Å². The lowest BCUT2D eigenvalue weighted by molar-refractivity contribution is -0.136. The summed E-state index contributed by atoms with van der Waals surface area (Å²) in [6.07, 6.45) is 0. The molecule has 0 saturated carbocycles. The molecular weight excluding hydrogens is 186 g/mol. The molecule has 1 aliphatic rings. The van der Waals surface area contributed by atoms with Crippen LogP contribution in [-0.2, 0) is 4.79 Å².